The van der Waals surface area contributed by atoms with Crippen LogP contribution in [0.3, 0.4) is 0 Å². The van der Waals surface area contributed by atoms with Gasteiger partial charge in [-0.25, -0.2) is 0 Å². The van der Waals surface area contributed by atoms with E-state index in [1.165, 1.54) is 4.90 Å². The molecule has 1 aliphatic heterocycles. The lowest BCUT2D eigenvalue weighted by Gasteiger charge is -2.28. The van der Waals surface area contributed by atoms with Crippen LogP contribution in [0.25, 0.3) is 0 Å². The predicted octanol–water partition coefficient (Wildman–Crippen LogP) is 0.381. The molecule has 0 aromatic carbocycles. The minimum Gasteiger partial charge on any atom is -0.480 e. The first-order valence-corrected chi connectivity index (χ1v) is 7.33. The number of carbonyl (C=O) groups is 4. The number of hydrogen-bond donors (Lipinski definition) is 1. The maximum atomic E-state index is 12.2. The zero-order valence-electron chi connectivity index (χ0n) is 11.9. The third-order valence-electron chi connectivity index (χ3n) is 4.10. The number of likely N-dealkylation sites (tertiary alicyclic amines) is 1. The molecule has 0 spiro atoms. The summed E-state index contributed by atoms with van der Waals surface area (Å²) in [7, 11) is 0. The average Bonchev–Trinajstić information content (AvgIpc) is 3.05. The Morgan fingerprint density at radius 1 is 1.14 bits per heavy atom. The number of hydrogen-bond acceptors (Lipinski definition) is 4. The zero-order chi connectivity index (χ0) is 15.4. The van der Waals surface area contributed by atoms with Crippen molar-refractivity contribution in [2.24, 2.45) is 0 Å². The molecule has 1 N–H and O–H groups in total. The normalized spacial score (nSPS) is 19.3. The van der Waals surface area contributed by atoms with Crippen molar-refractivity contribution in [2.45, 2.75) is 51.0 Å². The van der Waals surface area contributed by atoms with E-state index < -0.39 is 5.97 Å². The fourth-order valence-electron chi connectivity index (χ4n) is 3.01. The van der Waals surface area contributed by atoms with Crippen LogP contribution in [0, 0.1) is 0 Å². The molecule has 0 unspecified atom stereocenters. The van der Waals surface area contributed by atoms with Crippen molar-refractivity contribution >= 4 is 23.7 Å². The highest BCUT2D eigenvalue weighted by molar-refractivity contribution is 6.02. The standard InChI is InChI=1S/C14H20N2O5/c17-11-5-6-12(18)15(11)8-7-13(19)16(9-14(20)21)10-3-1-2-4-10/h10H,1-9H2,(H,20,21). The topological polar surface area (TPSA) is 95.0 Å². The highest BCUT2D eigenvalue weighted by atomic mass is 16.4. The van der Waals surface area contributed by atoms with Gasteiger partial charge in [0.25, 0.3) is 0 Å². The molecule has 0 aromatic heterocycles. The Morgan fingerprint density at radius 3 is 2.24 bits per heavy atom. The summed E-state index contributed by atoms with van der Waals surface area (Å²) in [6.45, 7) is -0.259. The van der Waals surface area contributed by atoms with Gasteiger partial charge in [-0.15, -0.1) is 0 Å². The summed E-state index contributed by atoms with van der Waals surface area (Å²) in [5.41, 5.74) is 0. The summed E-state index contributed by atoms with van der Waals surface area (Å²) in [6, 6.07) is -0.0291. The Morgan fingerprint density at radius 2 is 1.71 bits per heavy atom. The Labute approximate surface area is 122 Å². The molecule has 0 aromatic rings. The molecule has 1 saturated heterocycles. The van der Waals surface area contributed by atoms with Crippen LogP contribution >= 0.6 is 0 Å². The first-order chi connectivity index (χ1) is 9.99. The quantitative estimate of drug-likeness (QED) is 0.715. The van der Waals surface area contributed by atoms with Crippen LogP contribution in [-0.2, 0) is 19.2 Å². The Hall–Kier alpha value is -1.92. The van der Waals surface area contributed by atoms with Gasteiger partial charge in [0.1, 0.15) is 6.54 Å². The number of imide groups is 1. The molecule has 2 rings (SSSR count). The number of aliphatic carboxylic acids is 1. The summed E-state index contributed by atoms with van der Waals surface area (Å²) in [5.74, 6) is -1.84. The van der Waals surface area contributed by atoms with Crippen molar-refractivity contribution in [3.05, 3.63) is 0 Å². The van der Waals surface area contributed by atoms with Gasteiger partial charge < -0.3 is 10.0 Å². The maximum absolute atomic E-state index is 12.2. The van der Waals surface area contributed by atoms with Crippen LogP contribution in [0.15, 0.2) is 0 Å². The molecule has 0 bridgehead atoms. The second kappa shape index (κ2) is 6.69. The van der Waals surface area contributed by atoms with Crippen molar-refractivity contribution in [3.63, 3.8) is 0 Å². The van der Waals surface area contributed by atoms with Crippen molar-refractivity contribution in [1.82, 2.24) is 9.80 Å². The summed E-state index contributed by atoms with van der Waals surface area (Å²) >= 11 is 0. The zero-order valence-corrected chi connectivity index (χ0v) is 11.9. The summed E-state index contributed by atoms with van der Waals surface area (Å²) in [5, 5.41) is 8.94. The molecule has 1 aliphatic carbocycles. The van der Waals surface area contributed by atoms with E-state index in [1.807, 2.05) is 0 Å². The first kappa shape index (κ1) is 15.5. The van der Waals surface area contributed by atoms with Crippen LogP contribution in [0.1, 0.15) is 44.9 Å². The van der Waals surface area contributed by atoms with Crippen LogP contribution in [-0.4, -0.2) is 57.7 Å². The highest BCUT2D eigenvalue weighted by Gasteiger charge is 2.32. The summed E-state index contributed by atoms with van der Waals surface area (Å²) < 4.78 is 0. The molecule has 1 heterocycles. The molecule has 7 heteroatoms. The average molecular weight is 296 g/mol. The number of rotatable bonds is 6. The van der Waals surface area contributed by atoms with Crippen molar-refractivity contribution in [1.29, 1.82) is 0 Å². The van der Waals surface area contributed by atoms with Gasteiger partial charge in [-0.1, -0.05) is 12.8 Å². The lowest BCUT2D eigenvalue weighted by atomic mass is 10.2. The van der Waals surface area contributed by atoms with Gasteiger partial charge in [-0.05, 0) is 12.8 Å². The molecule has 0 radical (unpaired) electrons. The van der Waals surface area contributed by atoms with Gasteiger partial charge in [-0.2, -0.15) is 0 Å². The Balaban J connectivity index is 1.93. The van der Waals surface area contributed by atoms with Crippen LogP contribution < -0.4 is 0 Å². The van der Waals surface area contributed by atoms with Gasteiger partial charge in [0.05, 0.1) is 0 Å². The number of nitrogens with zero attached hydrogens (tertiary/aromatic N) is 2. The largest absolute Gasteiger partial charge is 0.480 e. The minimum absolute atomic E-state index is 0.00125. The van der Waals surface area contributed by atoms with E-state index in [9.17, 15) is 19.2 Å². The fourth-order valence-corrected chi connectivity index (χ4v) is 3.01. The third kappa shape index (κ3) is 3.80. The predicted molar refractivity (Wildman–Crippen MR) is 72.2 cm³/mol. The lowest BCUT2D eigenvalue weighted by Crippen LogP contribution is -2.44. The van der Waals surface area contributed by atoms with Gasteiger partial charge in [0, 0.05) is 31.8 Å². The molecular weight excluding hydrogens is 276 g/mol. The van der Waals surface area contributed by atoms with Crippen molar-refractivity contribution in [2.75, 3.05) is 13.1 Å². The Bertz CT molecular complexity index is 440. The van der Waals surface area contributed by atoms with E-state index in [2.05, 4.69) is 0 Å². The summed E-state index contributed by atoms with van der Waals surface area (Å²) in [4.78, 5) is 48.6. The van der Waals surface area contributed by atoms with Gasteiger partial charge >= 0.3 is 5.97 Å². The molecule has 7 nitrogen and oxygen atoms in total. The molecule has 0 atom stereocenters. The minimum atomic E-state index is -1.04. The molecule has 21 heavy (non-hydrogen) atoms. The van der Waals surface area contributed by atoms with E-state index in [4.69, 9.17) is 5.11 Å². The second-order valence-electron chi connectivity index (χ2n) is 5.54. The third-order valence-corrected chi connectivity index (χ3v) is 4.10. The van der Waals surface area contributed by atoms with Crippen LogP contribution in [0.4, 0.5) is 0 Å². The lowest BCUT2D eigenvalue weighted by molar-refractivity contribution is -0.147. The molecule has 116 valence electrons. The van der Waals surface area contributed by atoms with Gasteiger partial charge in [0.15, 0.2) is 0 Å². The summed E-state index contributed by atoms with van der Waals surface area (Å²) in [6.07, 6.45) is 4.04. The Kier molecular flexibility index (Phi) is 4.93. The second-order valence-corrected chi connectivity index (χ2v) is 5.54. The van der Waals surface area contributed by atoms with E-state index in [0.717, 1.165) is 30.6 Å². The smallest absolute Gasteiger partial charge is 0.323 e. The van der Waals surface area contributed by atoms with Crippen molar-refractivity contribution in [3.8, 4) is 0 Å². The SMILES string of the molecule is O=C(O)CN(C(=O)CCN1C(=O)CCC1=O)C1CCCC1. The van der Waals surface area contributed by atoms with E-state index in [-0.39, 0.29) is 56.1 Å². The molecular formula is C14H20N2O5. The van der Waals surface area contributed by atoms with Crippen molar-refractivity contribution < 1.29 is 24.3 Å². The molecule has 2 fully saturated rings. The van der Waals surface area contributed by atoms with Gasteiger partial charge in [0.2, 0.25) is 17.7 Å². The van der Waals surface area contributed by atoms with E-state index in [1.54, 1.807) is 0 Å². The van der Waals surface area contributed by atoms with E-state index >= 15 is 0 Å². The highest BCUT2D eigenvalue weighted by Crippen LogP contribution is 2.24. The number of amides is 3. The molecule has 2 aliphatic rings. The van der Waals surface area contributed by atoms with E-state index in [0.29, 0.717) is 0 Å². The fraction of sp³-hybridized carbons (Fsp3) is 0.714. The first-order valence-electron chi connectivity index (χ1n) is 7.33. The molecule has 3 amide bonds. The maximum Gasteiger partial charge on any atom is 0.323 e. The molecule has 1 saturated carbocycles. The number of carbonyl (C=O) groups excluding carboxylic acids is 3. The van der Waals surface area contributed by atoms with Gasteiger partial charge in [-0.3, -0.25) is 24.1 Å². The van der Waals surface area contributed by atoms with Crippen LogP contribution in [0.5, 0.6) is 0 Å². The number of carboxylic acid groups (broad SMARTS) is 1. The monoisotopic (exact) mass is 296 g/mol. The van der Waals surface area contributed by atoms with Crippen LogP contribution in [0.2, 0.25) is 0 Å². The number of carboxylic acids is 1.